The van der Waals surface area contributed by atoms with Gasteiger partial charge in [-0.25, -0.2) is 0 Å². The lowest BCUT2D eigenvalue weighted by Gasteiger charge is -2.22. The monoisotopic (exact) mass is 300 g/mol. The van der Waals surface area contributed by atoms with Gasteiger partial charge in [-0.1, -0.05) is 0 Å². The second-order valence-corrected chi connectivity index (χ2v) is 4.78. The van der Waals surface area contributed by atoms with Crippen LogP contribution < -0.4 is 20.1 Å². The summed E-state index contributed by atoms with van der Waals surface area (Å²) in [5, 5.41) is 5.87. The van der Waals surface area contributed by atoms with Gasteiger partial charge in [0, 0.05) is 18.3 Å². The number of rotatable bonds is 5. The van der Waals surface area contributed by atoms with Gasteiger partial charge >= 0.3 is 6.61 Å². The van der Waals surface area contributed by atoms with Crippen molar-refractivity contribution in [1.29, 1.82) is 0 Å². The molecule has 0 unspecified atom stereocenters. The Bertz CT molecular complexity index is 491. The van der Waals surface area contributed by atoms with Gasteiger partial charge in [0.1, 0.15) is 0 Å². The molecule has 0 aliphatic carbocycles. The zero-order valence-electron chi connectivity index (χ0n) is 11.7. The van der Waals surface area contributed by atoms with Crippen LogP contribution in [0.4, 0.5) is 14.5 Å². The van der Waals surface area contributed by atoms with Crippen molar-refractivity contribution >= 4 is 11.6 Å². The van der Waals surface area contributed by atoms with E-state index in [9.17, 15) is 13.6 Å². The van der Waals surface area contributed by atoms with E-state index in [-0.39, 0.29) is 23.3 Å². The molecule has 1 atom stereocenters. The first-order valence-electron chi connectivity index (χ1n) is 6.74. The molecule has 5 nitrogen and oxygen atoms in total. The van der Waals surface area contributed by atoms with Crippen LogP contribution in [0.5, 0.6) is 11.5 Å². The normalized spacial score (nSPS) is 18.4. The number of halogens is 2. The van der Waals surface area contributed by atoms with E-state index in [1.165, 1.54) is 19.2 Å². The van der Waals surface area contributed by atoms with E-state index in [2.05, 4.69) is 15.4 Å². The Labute approximate surface area is 121 Å². The fourth-order valence-electron chi connectivity index (χ4n) is 2.26. The van der Waals surface area contributed by atoms with Crippen molar-refractivity contribution in [3.63, 3.8) is 0 Å². The molecular formula is C14H18F2N2O3. The summed E-state index contributed by atoms with van der Waals surface area (Å²) in [7, 11) is 1.36. The lowest BCUT2D eigenvalue weighted by atomic mass is 9.99. The predicted molar refractivity (Wildman–Crippen MR) is 73.8 cm³/mol. The molecule has 7 heteroatoms. The average molecular weight is 300 g/mol. The van der Waals surface area contributed by atoms with Gasteiger partial charge in [-0.2, -0.15) is 8.78 Å². The first kappa shape index (κ1) is 15.5. The van der Waals surface area contributed by atoms with Crippen LogP contribution in [-0.4, -0.2) is 32.7 Å². The fraction of sp³-hybridized carbons (Fsp3) is 0.500. The number of amides is 1. The lowest BCUT2D eigenvalue weighted by molar-refractivity contribution is -0.120. The van der Waals surface area contributed by atoms with Crippen molar-refractivity contribution in [2.24, 2.45) is 5.92 Å². The van der Waals surface area contributed by atoms with Crippen molar-refractivity contribution < 1.29 is 23.0 Å². The Balaban J connectivity index is 2.07. The van der Waals surface area contributed by atoms with E-state index < -0.39 is 6.61 Å². The van der Waals surface area contributed by atoms with Gasteiger partial charge in [0.05, 0.1) is 13.0 Å². The van der Waals surface area contributed by atoms with E-state index in [1.807, 2.05) is 0 Å². The highest BCUT2D eigenvalue weighted by molar-refractivity contribution is 5.93. The molecule has 2 N–H and O–H groups in total. The van der Waals surface area contributed by atoms with E-state index in [0.717, 1.165) is 19.4 Å². The van der Waals surface area contributed by atoms with Crippen molar-refractivity contribution in [2.75, 3.05) is 25.5 Å². The van der Waals surface area contributed by atoms with Gasteiger partial charge in [-0.3, -0.25) is 4.79 Å². The number of benzene rings is 1. The molecule has 1 amide bonds. The van der Waals surface area contributed by atoms with E-state index in [4.69, 9.17) is 4.74 Å². The third-order valence-corrected chi connectivity index (χ3v) is 3.31. The smallest absolute Gasteiger partial charge is 0.387 e. The highest BCUT2D eigenvalue weighted by Crippen LogP contribution is 2.31. The molecule has 1 fully saturated rings. The Hall–Kier alpha value is -1.89. The highest BCUT2D eigenvalue weighted by atomic mass is 19.3. The largest absolute Gasteiger partial charge is 0.493 e. The number of piperidine rings is 1. The van der Waals surface area contributed by atoms with Crippen LogP contribution in [0.15, 0.2) is 18.2 Å². The number of nitrogens with one attached hydrogen (secondary N) is 2. The summed E-state index contributed by atoms with van der Waals surface area (Å²) in [6, 6.07) is 4.40. The Morgan fingerprint density at radius 1 is 1.43 bits per heavy atom. The maximum atomic E-state index is 12.3. The number of carbonyl (C=O) groups excluding carboxylic acids is 1. The Morgan fingerprint density at radius 2 is 2.24 bits per heavy atom. The summed E-state index contributed by atoms with van der Waals surface area (Å²) in [5.74, 6) is -0.157. The maximum Gasteiger partial charge on any atom is 0.387 e. The summed E-state index contributed by atoms with van der Waals surface area (Å²) >= 11 is 0. The third-order valence-electron chi connectivity index (χ3n) is 3.31. The second kappa shape index (κ2) is 7.21. The van der Waals surface area contributed by atoms with Crippen molar-refractivity contribution in [3.05, 3.63) is 18.2 Å². The summed E-state index contributed by atoms with van der Waals surface area (Å²) in [6.07, 6.45) is 1.76. The van der Waals surface area contributed by atoms with Gasteiger partial charge in [0.2, 0.25) is 5.91 Å². The van der Waals surface area contributed by atoms with Crippen LogP contribution in [0.25, 0.3) is 0 Å². The number of hydrogen-bond donors (Lipinski definition) is 2. The second-order valence-electron chi connectivity index (χ2n) is 4.78. The van der Waals surface area contributed by atoms with Gasteiger partial charge in [-0.15, -0.1) is 0 Å². The molecule has 0 aromatic heterocycles. The van der Waals surface area contributed by atoms with Crippen molar-refractivity contribution in [2.45, 2.75) is 19.5 Å². The van der Waals surface area contributed by atoms with Crippen LogP contribution in [0.1, 0.15) is 12.8 Å². The minimum Gasteiger partial charge on any atom is -0.493 e. The van der Waals surface area contributed by atoms with Gasteiger partial charge in [-0.05, 0) is 31.5 Å². The first-order chi connectivity index (χ1) is 10.1. The Kier molecular flexibility index (Phi) is 5.32. The lowest BCUT2D eigenvalue weighted by Crippen LogP contribution is -2.37. The summed E-state index contributed by atoms with van der Waals surface area (Å²) < 4.78 is 34.0. The minimum absolute atomic E-state index is 0.105. The summed E-state index contributed by atoms with van der Waals surface area (Å²) in [6.45, 7) is -1.41. The van der Waals surface area contributed by atoms with E-state index >= 15 is 0 Å². The zero-order valence-corrected chi connectivity index (χ0v) is 11.7. The fourth-order valence-corrected chi connectivity index (χ4v) is 2.26. The summed E-state index contributed by atoms with van der Waals surface area (Å²) in [4.78, 5) is 12.1. The molecule has 0 spiro atoms. The molecule has 2 rings (SSSR count). The van der Waals surface area contributed by atoms with Gasteiger partial charge in [0.15, 0.2) is 11.5 Å². The van der Waals surface area contributed by atoms with Crippen LogP contribution in [0.3, 0.4) is 0 Å². The number of anilines is 1. The quantitative estimate of drug-likeness (QED) is 0.875. The molecule has 0 bridgehead atoms. The molecule has 1 aliphatic heterocycles. The molecule has 1 heterocycles. The van der Waals surface area contributed by atoms with E-state index in [0.29, 0.717) is 12.2 Å². The standard InChI is InChI=1S/C14H18F2N2O3/c1-20-11-5-4-10(7-12(11)21-14(15)16)18-13(19)9-3-2-6-17-8-9/h4-5,7,9,14,17H,2-3,6,8H2,1H3,(H,18,19)/t9-/m0/s1. The third kappa shape index (κ3) is 4.29. The predicted octanol–water partition coefficient (Wildman–Crippen LogP) is 2.23. The SMILES string of the molecule is COc1ccc(NC(=O)[C@H]2CCCNC2)cc1OC(F)F. The maximum absolute atomic E-state index is 12.3. The molecular weight excluding hydrogens is 282 g/mol. The molecule has 1 aromatic carbocycles. The van der Waals surface area contributed by atoms with Crippen LogP contribution in [-0.2, 0) is 4.79 Å². The number of ether oxygens (including phenoxy) is 2. The van der Waals surface area contributed by atoms with Crippen molar-refractivity contribution in [3.8, 4) is 11.5 Å². The molecule has 1 aliphatic rings. The molecule has 0 saturated carbocycles. The number of hydrogen-bond acceptors (Lipinski definition) is 4. The van der Waals surface area contributed by atoms with Crippen molar-refractivity contribution in [1.82, 2.24) is 5.32 Å². The average Bonchev–Trinajstić information content (AvgIpc) is 2.48. The molecule has 1 saturated heterocycles. The van der Waals surface area contributed by atoms with Crippen LogP contribution >= 0.6 is 0 Å². The Morgan fingerprint density at radius 3 is 2.86 bits per heavy atom. The zero-order chi connectivity index (χ0) is 15.2. The first-order valence-corrected chi connectivity index (χ1v) is 6.74. The minimum atomic E-state index is -2.95. The molecule has 0 radical (unpaired) electrons. The topological polar surface area (TPSA) is 59.6 Å². The van der Waals surface area contributed by atoms with Crippen LogP contribution in [0, 0.1) is 5.92 Å². The number of carbonyl (C=O) groups is 1. The van der Waals surface area contributed by atoms with Crippen LogP contribution in [0.2, 0.25) is 0 Å². The van der Waals surface area contributed by atoms with E-state index in [1.54, 1.807) is 6.07 Å². The molecule has 116 valence electrons. The number of methoxy groups -OCH3 is 1. The highest BCUT2D eigenvalue weighted by Gasteiger charge is 2.21. The molecule has 1 aromatic rings. The molecule has 21 heavy (non-hydrogen) atoms. The number of alkyl halides is 2. The van der Waals surface area contributed by atoms with Gasteiger partial charge < -0.3 is 20.1 Å². The summed E-state index contributed by atoms with van der Waals surface area (Å²) in [5.41, 5.74) is 0.405. The van der Waals surface area contributed by atoms with Gasteiger partial charge in [0.25, 0.3) is 0 Å².